The first-order valence-electron chi connectivity index (χ1n) is 7.07. The fourth-order valence-corrected chi connectivity index (χ4v) is 3.13. The predicted molar refractivity (Wildman–Crippen MR) is 73.1 cm³/mol. The number of rotatable bonds is 4. The Balaban J connectivity index is 1.77. The molecule has 0 aliphatic heterocycles. The van der Waals surface area contributed by atoms with Crippen molar-refractivity contribution >= 4 is 5.91 Å². The van der Waals surface area contributed by atoms with Crippen LogP contribution in [-0.2, 0) is 6.42 Å². The Bertz CT molecular complexity index is 697. The molecule has 2 heterocycles. The molecule has 2 aliphatic rings. The first-order chi connectivity index (χ1) is 10.3. The summed E-state index contributed by atoms with van der Waals surface area (Å²) >= 11 is 0. The van der Waals surface area contributed by atoms with Crippen molar-refractivity contribution < 1.29 is 9.90 Å². The third kappa shape index (κ3) is 1.92. The molecule has 0 spiro atoms. The predicted octanol–water partition coefficient (Wildman–Crippen LogP) is 0.0440. The van der Waals surface area contributed by atoms with Crippen LogP contribution in [0.25, 0.3) is 5.82 Å². The molecule has 7 heteroatoms. The molecule has 4 rings (SSSR count). The molecular formula is C14H15N5O2. The molecule has 2 unspecified atom stereocenters. The van der Waals surface area contributed by atoms with Gasteiger partial charge in [-0.2, -0.15) is 5.10 Å². The number of hydrogen-bond donors (Lipinski definition) is 2. The largest absolute Gasteiger partial charge is 0.395 e. The van der Waals surface area contributed by atoms with E-state index in [1.165, 1.54) is 0 Å². The van der Waals surface area contributed by atoms with Gasteiger partial charge < -0.3 is 10.4 Å². The minimum Gasteiger partial charge on any atom is -0.395 e. The van der Waals surface area contributed by atoms with Gasteiger partial charge in [0.15, 0.2) is 11.5 Å². The van der Waals surface area contributed by atoms with Gasteiger partial charge in [0.1, 0.15) is 0 Å². The minimum absolute atomic E-state index is 0.0793. The van der Waals surface area contributed by atoms with Gasteiger partial charge in [0.05, 0.1) is 18.5 Å². The Morgan fingerprint density at radius 3 is 3.14 bits per heavy atom. The summed E-state index contributed by atoms with van der Waals surface area (Å²) in [6.07, 6.45) is 6.95. The number of carbonyl (C=O) groups is 1. The van der Waals surface area contributed by atoms with E-state index in [9.17, 15) is 4.79 Å². The number of carbonyl (C=O) groups excluding carboxylic acids is 1. The average Bonchev–Trinajstić information content (AvgIpc) is 3.02. The van der Waals surface area contributed by atoms with E-state index < -0.39 is 0 Å². The van der Waals surface area contributed by atoms with Crippen molar-refractivity contribution in [1.82, 2.24) is 25.1 Å². The number of aliphatic hydroxyl groups excluding tert-OH is 1. The fourth-order valence-electron chi connectivity index (χ4n) is 3.13. The molecular weight excluding hydrogens is 270 g/mol. The van der Waals surface area contributed by atoms with Crippen LogP contribution in [0.3, 0.4) is 0 Å². The Labute approximate surface area is 121 Å². The van der Waals surface area contributed by atoms with E-state index in [4.69, 9.17) is 5.11 Å². The molecule has 2 atom stereocenters. The number of fused-ring (bicyclic) bond motifs is 3. The summed E-state index contributed by atoms with van der Waals surface area (Å²) in [6.45, 7) is 0.155. The first kappa shape index (κ1) is 12.5. The molecule has 2 aliphatic carbocycles. The van der Waals surface area contributed by atoms with Gasteiger partial charge in [-0.3, -0.25) is 9.78 Å². The van der Waals surface area contributed by atoms with E-state index in [2.05, 4.69) is 20.4 Å². The second kappa shape index (κ2) is 4.63. The van der Waals surface area contributed by atoms with Gasteiger partial charge in [0.2, 0.25) is 0 Å². The van der Waals surface area contributed by atoms with Crippen LogP contribution in [0.2, 0.25) is 0 Å². The lowest BCUT2D eigenvalue weighted by atomic mass is 10.1. The van der Waals surface area contributed by atoms with Crippen LogP contribution in [0.15, 0.2) is 18.6 Å². The quantitative estimate of drug-likeness (QED) is 0.827. The van der Waals surface area contributed by atoms with Crippen molar-refractivity contribution in [2.75, 3.05) is 13.2 Å². The maximum Gasteiger partial charge on any atom is 0.272 e. The average molecular weight is 285 g/mol. The maximum atomic E-state index is 12.2. The molecule has 0 aromatic carbocycles. The van der Waals surface area contributed by atoms with Gasteiger partial charge in [-0.1, -0.05) is 0 Å². The molecule has 0 radical (unpaired) electrons. The zero-order valence-corrected chi connectivity index (χ0v) is 11.4. The topological polar surface area (TPSA) is 92.9 Å². The van der Waals surface area contributed by atoms with E-state index in [0.29, 0.717) is 23.3 Å². The third-order valence-electron chi connectivity index (χ3n) is 4.14. The Morgan fingerprint density at radius 2 is 2.38 bits per heavy atom. The lowest BCUT2D eigenvalue weighted by Crippen LogP contribution is -2.27. The van der Waals surface area contributed by atoms with E-state index in [-0.39, 0.29) is 19.1 Å². The maximum absolute atomic E-state index is 12.2. The van der Waals surface area contributed by atoms with Gasteiger partial charge in [-0.25, -0.2) is 9.67 Å². The van der Waals surface area contributed by atoms with E-state index in [1.54, 1.807) is 23.3 Å². The summed E-state index contributed by atoms with van der Waals surface area (Å²) < 4.78 is 1.76. The number of aromatic nitrogens is 4. The Kier molecular flexibility index (Phi) is 2.75. The molecule has 0 bridgehead atoms. The monoisotopic (exact) mass is 285 g/mol. The molecule has 1 fully saturated rings. The molecule has 2 aromatic rings. The Hall–Kier alpha value is -2.28. The molecule has 21 heavy (non-hydrogen) atoms. The molecule has 7 nitrogen and oxygen atoms in total. The summed E-state index contributed by atoms with van der Waals surface area (Å²) in [5.74, 6) is 1.55. The molecule has 1 saturated carbocycles. The van der Waals surface area contributed by atoms with Crippen LogP contribution in [0.4, 0.5) is 0 Å². The SMILES string of the molecule is O=C(NCCO)c1nn(-c2cnccn2)c2c1CC1CC21. The number of nitrogens with zero attached hydrogens (tertiary/aromatic N) is 4. The fraction of sp³-hybridized carbons (Fsp3) is 0.429. The van der Waals surface area contributed by atoms with Crippen LogP contribution in [0.1, 0.15) is 34.1 Å². The number of hydrogen-bond acceptors (Lipinski definition) is 5. The van der Waals surface area contributed by atoms with Crippen LogP contribution in [0, 0.1) is 5.92 Å². The van der Waals surface area contributed by atoms with Crippen molar-refractivity contribution in [3.8, 4) is 5.82 Å². The van der Waals surface area contributed by atoms with E-state index in [1.807, 2.05) is 0 Å². The lowest BCUT2D eigenvalue weighted by molar-refractivity contribution is 0.0938. The highest BCUT2D eigenvalue weighted by Gasteiger charge is 2.50. The van der Waals surface area contributed by atoms with Gasteiger partial charge in [-0.15, -0.1) is 0 Å². The van der Waals surface area contributed by atoms with Crippen LogP contribution in [-0.4, -0.2) is 43.9 Å². The second-order valence-corrected chi connectivity index (χ2v) is 5.47. The smallest absolute Gasteiger partial charge is 0.272 e. The van der Waals surface area contributed by atoms with Gasteiger partial charge in [-0.05, 0) is 18.8 Å². The normalized spacial score (nSPS) is 21.8. The molecule has 2 aromatic heterocycles. The zero-order valence-electron chi connectivity index (χ0n) is 11.4. The molecule has 2 N–H and O–H groups in total. The zero-order chi connectivity index (χ0) is 14.4. The van der Waals surface area contributed by atoms with Crippen molar-refractivity contribution in [3.05, 3.63) is 35.5 Å². The van der Waals surface area contributed by atoms with E-state index in [0.717, 1.165) is 24.1 Å². The summed E-state index contributed by atoms with van der Waals surface area (Å²) in [5.41, 5.74) is 2.59. The number of aliphatic hydroxyl groups is 1. The molecule has 0 saturated heterocycles. The summed E-state index contributed by atoms with van der Waals surface area (Å²) in [5, 5.41) is 16.0. The van der Waals surface area contributed by atoms with Gasteiger partial charge in [0, 0.05) is 30.4 Å². The van der Waals surface area contributed by atoms with Gasteiger partial charge >= 0.3 is 0 Å². The minimum atomic E-state index is -0.232. The van der Waals surface area contributed by atoms with E-state index >= 15 is 0 Å². The molecule has 1 amide bonds. The lowest BCUT2D eigenvalue weighted by Gasteiger charge is -2.03. The van der Waals surface area contributed by atoms with Crippen molar-refractivity contribution in [2.24, 2.45) is 5.92 Å². The van der Waals surface area contributed by atoms with Crippen molar-refractivity contribution in [1.29, 1.82) is 0 Å². The number of nitrogens with one attached hydrogen (secondary N) is 1. The van der Waals surface area contributed by atoms with Crippen molar-refractivity contribution in [3.63, 3.8) is 0 Å². The highest BCUT2D eigenvalue weighted by molar-refractivity contribution is 5.94. The highest BCUT2D eigenvalue weighted by atomic mass is 16.3. The Morgan fingerprint density at radius 1 is 1.48 bits per heavy atom. The van der Waals surface area contributed by atoms with Crippen LogP contribution < -0.4 is 5.32 Å². The summed E-state index contributed by atoms with van der Waals surface area (Å²) in [7, 11) is 0. The second-order valence-electron chi connectivity index (χ2n) is 5.47. The molecule has 108 valence electrons. The van der Waals surface area contributed by atoms with Crippen LogP contribution >= 0.6 is 0 Å². The summed E-state index contributed by atoms with van der Waals surface area (Å²) in [6, 6.07) is 0. The first-order valence-corrected chi connectivity index (χ1v) is 7.07. The van der Waals surface area contributed by atoms with Crippen LogP contribution in [0.5, 0.6) is 0 Å². The van der Waals surface area contributed by atoms with Crippen molar-refractivity contribution in [2.45, 2.75) is 18.8 Å². The standard InChI is InChI=1S/C14H15N5O2/c20-4-3-17-14(21)12-10-6-8-5-9(8)13(10)19(18-12)11-7-15-1-2-16-11/h1-2,7-9,20H,3-6H2,(H,17,21). The highest BCUT2D eigenvalue weighted by Crippen LogP contribution is 2.57. The van der Waals surface area contributed by atoms with Gasteiger partial charge in [0.25, 0.3) is 5.91 Å². The third-order valence-corrected chi connectivity index (χ3v) is 4.14. The summed E-state index contributed by atoms with van der Waals surface area (Å²) in [4.78, 5) is 20.5. The number of amides is 1.